The first-order valence-electron chi connectivity index (χ1n) is 6.52. The SMILES string of the molecule is Cc1cccc(C)c1OCc1nc(C(C)(C)C)cs1. The fraction of sp³-hybridized carbons (Fsp3) is 0.438. The summed E-state index contributed by atoms with van der Waals surface area (Å²) in [6.07, 6.45) is 0. The van der Waals surface area contributed by atoms with Crippen molar-refractivity contribution in [2.75, 3.05) is 0 Å². The van der Waals surface area contributed by atoms with Crippen LogP contribution in [-0.2, 0) is 12.0 Å². The van der Waals surface area contributed by atoms with Crippen LogP contribution in [0, 0.1) is 13.8 Å². The minimum absolute atomic E-state index is 0.104. The van der Waals surface area contributed by atoms with Gasteiger partial charge in [-0.05, 0) is 25.0 Å². The summed E-state index contributed by atoms with van der Waals surface area (Å²) in [5, 5.41) is 3.16. The van der Waals surface area contributed by atoms with E-state index in [0.717, 1.165) is 16.5 Å². The number of hydrogen-bond acceptors (Lipinski definition) is 3. The van der Waals surface area contributed by atoms with E-state index in [1.54, 1.807) is 11.3 Å². The van der Waals surface area contributed by atoms with Gasteiger partial charge in [-0.15, -0.1) is 11.3 Å². The van der Waals surface area contributed by atoms with Crippen LogP contribution in [0.15, 0.2) is 23.6 Å². The summed E-state index contributed by atoms with van der Waals surface area (Å²) in [6, 6.07) is 6.20. The number of ether oxygens (including phenoxy) is 1. The van der Waals surface area contributed by atoms with Gasteiger partial charge < -0.3 is 4.74 Å². The smallest absolute Gasteiger partial charge is 0.140 e. The largest absolute Gasteiger partial charge is 0.486 e. The summed E-state index contributed by atoms with van der Waals surface area (Å²) in [6.45, 7) is 11.2. The Bertz CT molecular complexity index is 546. The molecule has 0 radical (unpaired) electrons. The van der Waals surface area contributed by atoms with Crippen LogP contribution in [0.2, 0.25) is 0 Å². The Morgan fingerprint density at radius 3 is 2.32 bits per heavy atom. The molecule has 19 heavy (non-hydrogen) atoms. The molecule has 2 rings (SSSR count). The average Bonchev–Trinajstić information content (AvgIpc) is 2.77. The van der Waals surface area contributed by atoms with Gasteiger partial charge >= 0.3 is 0 Å². The summed E-state index contributed by atoms with van der Waals surface area (Å²) in [7, 11) is 0. The van der Waals surface area contributed by atoms with Crippen molar-refractivity contribution in [1.82, 2.24) is 4.98 Å². The van der Waals surface area contributed by atoms with Gasteiger partial charge in [-0.25, -0.2) is 4.98 Å². The second-order valence-corrected chi connectivity index (χ2v) is 6.83. The van der Waals surface area contributed by atoms with Crippen LogP contribution in [0.25, 0.3) is 0 Å². The topological polar surface area (TPSA) is 22.1 Å². The quantitative estimate of drug-likeness (QED) is 0.814. The molecule has 0 aliphatic heterocycles. The molecule has 0 N–H and O–H groups in total. The summed E-state index contributed by atoms with van der Waals surface area (Å²) in [5.74, 6) is 0.981. The lowest BCUT2D eigenvalue weighted by molar-refractivity contribution is 0.300. The second-order valence-electron chi connectivity index (χ2n) is 5.89. The minimum atomic E-state index is 0.104. The van der Waals surface area contributed by atoms with Gasteiger partial charge in [-0.3, -0.25) is 0 Å². The van der Waals surface area contributed by atoms with Gasteiger partial charge in [-0.2, -0.15) is 0 Å². The molecule has 0 aliphatic rings. The fourth-order valence-electron chi connectivity index (χ4n) is 1.88. The number of aromatic nitrogens is 1. The monoisotopic (exact) mass is 275 g/mol. The van der Waals surface area contributed by atoms with Gasteiger partial charge in [0.25, 0.3) is 0 Å². The normalized spacial score (nSPS) is 11.6. The van der Waals surface area contributed by atoms with Gasteiger partial charge in [0.15, 0.2) is 0 Å². The minimum Gasteiger partial charge on any atom is -0.486 e. The lowest BCUT2D eigenvalue weighted by atomic mass is 9.93. The maximum atomic E-state index is 5.93. The first-order valence-corrected chi connectivity index (χ1v) is 7.40. The second kappa shape index (κ2) is 5.33. The molecular formula is C16H21NOS. The molecule has 0 saturated heterocycles. The zero-order chi connectivity index (χ0) is 14.0. The first-order chi connectivity index (χ1) is 8.88. The van der Waals surface area contributed by atoms with Crippen LogP contribution in [0.4, 0.5) is 0 Å². The predicted octanol–water partition coefficient (Wildman–Crippen LogP) is 4.64. The molecule has 1 heterocycles. The number of nitrogens with zero attached hydrogens (tertiary/aromatic N) is 1. The van der Waals surface area contributed by atoms with E-state index in [1.165, 1.54) is 11.1 Å². The van der Waals surface area contributed by atoms with Crippen LogP contribution in [-0.4, -0.2) is 4.98 Å². The number of para-hydroxylation sites is 1. The van der Waals surface area contributed by atoms with Gasteiger partial charge in [0.1, 0.15) is 17.4 Å². The van der Waals surface area contributed by atoms with Gasteiger partial charge in [0, 0.05) is 10.8 Å². The average molecular weight is 275 g/mol. The van der Waals surface area contributed by atoms with Crippen molar-refractivity contribution < 1.29 is 4.74 Å². The van der Waals surface area contributed by atoms with E-state index in [2.05, 4.69) is 63.2 Å². The molecule has 0 spiro atoms. The van der Waals surface area contributed by atoms with Gasteiger partial charge in [0.05, 0.1) is 5.69 Å². The van der Waals surface area contributed by atoms with E-state index < -0.39 is 0 Å². The molecule has 0 bridgehead atoms. The Balaban J connectivity index is 2.09. The summed E-state index contributed by atoms with van der Waals surface area (Å²) < 4.78 is 5.93. The Hall–Kier alpha value is -1.35. The molecule has 0 amide bonds. The lowest BCUT2D eigenvalue weighted by Gasteiger charge is -2.14. The number of thiazole rings is 1. The third kappa shape index (κ3) is 3.35. The van der Waals surface area contributed by atoms with Crippen molar-refractivity contribution in [3.63, 3.8) is 0 Å². The number of benzene rings is 1. The zero-order valence-electron chi connectivity index (χ0n) is 12.3. The molecule has 3 heteroatoms. The molecule has 0 saturated carbocycles. The predicted molar refractivity (Wildman–Crippen MR) is 81.1 cm³/mol. The van der Waals surface area contributed by atoms with Gasteiger partial charge in [-0.1, -0.05) is 39.0 Å². The first kappa shape index (κ1) is 14.1. The Kier molecular flexibility index (Phi) is 3.95. The van der Waals surface area contributed by atoms with Crippen LogP contribution in [0.1, 0.15) is 42.6 Å². The van der Waals surface area contributed by atoms with Crippen LogP contribution >= 0.6 is 11.3 Å². The maximum Gasteiger partial charge on any atom is 0.140 e. The van der Waals surface area contributed by atoms with E-state index in [1.807, 2.05) is 0 Å². The van der Waals surface area contributed by atoms with E-state index >= 15 is 0 Å². The van der Waals surface area contributed by atoms with E-state index in [9.17, 15) is 0 Å². The maximum absolute atomic E-state index is 5.93. The van der Waals surface area contributed by atoms with Crippen molar-refractivity contribution >= 4 is 11.3 Å². The van der Waals surface area contributed by atoms with Crippen LogP contribution in [0.3, 0.4) is 0 Å². The van der Waals surface area contributed by atoms with Crippen LogP contribution in [0.5, 0.6) is 5.75 Å². The Morgan fingerprint density at radius 2 is 1.79 bits per heavy atom. The molecular weight excluding hydrogens is 254 g/mol. The highest BCUT2D eigenvalue weighted by molar-refractivity contribution is 7.09. The van der Waals surface area contributed by atoms with Crippen LogP contribution < -0.4 is 4.74 Å². The fourth-order valence-corrected chi connectivity index (χ4v) is 2.81. The third-order valence-corrected chi connectivity index (χ3v) is 3.89. The van der Waals surface area contributed by atoms with Gasteiger partial charge in [0.2, 0.25) is 0 Å². The molecule has 0 fully saturated rings. The Labute approximate surface area is 119 Å². The van der Waals surface area contributed by atoms with Crippen molar-refractivity contribution in [3.8, 4) is 5.75 Å². The number of hydrogen-bond donors (Lipinski definition) is 0. The highest BCUT2D eigenvalue weighted by Crippen LogP contribution is 2.26. The molecule has 1 aromatic heterocycles. The summed E-state index contributed by atoms with van der Waals surface area (Å²) in [5.41, 5.74) is 3.59. The van der Waals surface area contributed by atoms with Crippen molar-refractivity contribution in [3.05, 3.63) is 45.4 Å². The Morgan fingerprint density at radius 1 is 1.16 bits per heavy atom. The van der Waals surface area contributed by atoms with E-state index in [0.29, 0.717) is 6.61 Å². The van der Waals surface area contributed by atoms with Crippen molar-refractivity contribution in [1.29, 1.82) is 0 Å². The van der Waals surface area contributed by atoms with E-state index in [4.69, 9.17) is 4.74 Å². The molecule has 102 valence electrons. The molecule has 0 unspecified atom stereocenters. The number of aryl methyl sites for hydroxylation is 2. The molecule has 2 aromatic rings. The summed E-state index contributed by atoms with van der Waals surface area (Å²) in [4.78, 5) is 4.65. The van der Waals surface area contributed by atoms with Crippen molar-refractivity contribution in [2.24, 2.45) is 0 Å². The standard InChI is InChI=1S/C16H21NOS/c1-11-7-6-8-12(2)15(11)18-9-14-17-13(10-19-14)16(3,4)5/h6-8,10H,9H2,1-5H3. The number of rotatable bonds is 3. The molecule has 0 aliphatic carbocycles. The molecule has 1 aromatic carbocycles. The van der Waals surface area contributed by atoms with Crippen molar-refractivity contribution in [2.45, 2.75) is 46.6 Å². The highest BCUT2D eigenvalue weighted by atomic mass is 32.1. The van der Waals surface area contributed by atoms with E-state index in [-0.39, 0.29) is 5.41 Å². The lowest BCUT2D eigenvalue weighted by Crippen LogP contribution is -2.11. The molecule has 2 nitrogen and oxygen atoms in total. The molecule has 0 atom stereocenters. The highest BCUT2D eigenvalue weighted by Gasteiger charge is 2.17. The third-order valence-electron chi connectivity index (χ3n) is 3.07. The summed E-state index contributed by atoms with van der Waals surface area (Å²) >= 11 is 1.67. The zero-order valence-corrected chi connectivity index (χ0v) is 13.1.